The molecule has 0 aliphatic carbocycles. The van der Waals surface area contributed by atoms with Crippen LogP contribution in [-0.4, -0.2) is 46.8 Å². The second-order valence-corrected chi connectivity index (χ2v) is 7.06. The third kappa shape index (κ3) is 7.31. The Hall–Kier alpha value is -1.80. The predicted molar refractivity (Wildman–Crippen MR) is 105 cm³/mol. The maximum Gasteiger partial charge on any atom is 0.229 e. The van der Waals surface area contributed by atoms with Crippen molar-refractivity contribution in [2.24, 2.45) is 10.9 Å². The Kier molecular flexibility index (Phi) is 7.52. The number of nitrogens with one attached hydrogen (secondary N) is 3. The maximum absolute atomic E-state index is 5.59. The number of rotatable bonds is 5. The lowest BCUT2D eigenvalue weighted by Crippen LogP contribution is -2.45. The first kappa shape index (κ1) is 19.5. The molecule has 25 heavy (non-hydrogen) atoms. The molecule has 0 amide bonds. The summed E-state index contributed by atoms with van der Waals surface area (Å²) in [6.07, 6.45) is 2.41. The fraction of sp³-hybridized carbons (Fsp3) is 0.647. The molecule has 2 rings (SSSR count). The van der Waals surface area contributed by atoms with E-state index in [-0.39, 0.29) is 6.10 Å². The lowest BCUT2D eigenvalue weighted by Gasteiger charge is -2.16. The molecule has 0 saturated carbocycles. The van der Waals surface area contributed by atoms with E-state index in [1.54, 1.807) is 0 Å². The molecule has 0 spiro atoms. The molecule has 0 aromatic carbocycles. The molecule has 1 aliphatic rings. The van der Waals surface area contributed by atoms with Gasteiger partial charge in [0.2, 0.25) is 11.9 Å². The fourth-order valence-corrected chi connectivity index (χ4v) is 2.62. The van der Waals surface area contributed by atoms with Crippen molar-refractivity contribution in [2.75, 3.05) is 25.0 Å². The van der Waals surface area contributed by atoms with Crippen LogP contribution in [0.25, 0.3) is 0 Å². The normalized spacial score (nSPS) is 17.6. The van der Waals surface area contributed by atoms with Crippen molar-refractivity contribution in [3.05, 3.63) is 17.5 Å². The first-order valence-corrected chi connectivity index (χ1v) is 9.13. The molecule has 7 nitrogen and oxygen atoms in total. The molecular formula is C17H28N6OS. The summed E-state index contributed by atoms with van der Waals surface area (Å²) in [5.41, 5.74) is 1.80. The molecule has 2 heterocycles. The lowest BCUT2D eigenvalue weighted by molar-refractivity contribution is 0.114. The number of aliphatic imine (C=N–C) groups is 1. The average Bonchev–Trinajstić information content (AvgIpc) is 3.03. The van der Waals surface area contributed by atoms with Crippen molar-refractivity contribution in [1.29, 1.82) is 0 Å². The standard InChI is InChI=1S/C17H28N6OS/c1-11(2)9-18-15(22-16-20-12(3)8-13(4)21-16)23-17(25)19-10-14-6-5-7-24-14/h8,11,14H,5-7,9-10H2,1-4H3,(H3,18,19,20,21,22,23,25). The highest BCUT2D eigenvalue weighted by molar-refractivity contribution is 7.80. The van der Waals surface area contributed by atoms with Crippen LogP contribution in [-0.2, 0) is 4.74 Å². The van der Waals surface area contributed by atoms with E-state index in [0.29, 0.717) is 36.0 Å². The Morgan fingerprint density at radius 3 is 2.68 bits per heavy atom. The molecule has 1 aromatic rings. The van der Waals surface area contributed by atoms with E-state index in [1.165, 1.54) is 0 Å². The lowest BCUT2D eigenvalue weighted by atomic mass is 10.2. The minimum absolute atomic E-state index is 0.228. The van der Waals surface area contributed by atoms with Crippen molar-refractivity contribution in [1.82, 2.24) is 20.6 Å². The molecule has 3 N–H and O–H groups in total. The van der Waals surface area contributed by atoms with E-state index < -0.39 is 0 Å². The summed E-state index contributed by atoms with van der Waals surface area (Å²) in [5.74, 6) is 1.49. The van der Waals surface area contributed by atoms with Gasteiger partial charge in [-0.25, -0.2) is 9.97 Å². The number of guanidine groups is 1. The first-order valence-electron chi connectivity index (χ1n) is 8.72. The van der Waals surface area contributed by atoms with Crippen LogP contribution in [0.15, 0.2) is 11.1 Å². The van der Waals surface area contributed by atoms with Crippen LogP contribution in [0.2, 0.25) is 0 Å². The van der Waals surface area contributed by atoms with Gasteiger partial charge < -0.3 is 15.4 Å². The van der Waals surface area contributed by atoms with Gasteiger partial charge in [0.05, 0.1) is 6.10 Å². The number of aromatic nitrogens is 2. The number of ether oxygens (including phenoxy) is 1. The smallest absolute Gasteiger partial charge is 0.229 e. The third-order valence-electron chi connectivity index (χ3n) is 3.57. The third-order valence-corrected chi connectivity index (χ3v) is 3.82. The Labute approximate surface area is 155 Å². The van der Waals surface area contributed by atoms with Gasteiger partial charge in [0, 0.05) is 31.1 Å². The van der Waals surface area contributed by atoms with Crippen molar-refractivity contribution in [3.63, 3.8) is 0 Å². The summed E-state index contributed by atoms with van der Waals surface area (Å²) in [7, 11) is 0. The molecule has 1 atom stereocenters. The van der Waals surface area contributed by atoms with Crippen molar-refractivity contribution in [2.45, 2.75) is 46.6 Å². The summed E-state index contributed by atoms with van der Waals surface area (Å²) in [6.45, 7) is 10.3. The summed E-state index contributed by atoms with van der Waals surface area (Å²) in [4.78, 5) is 13.3. The number of thiocarbonyl (C=S) groups is 1. The SMILES string of the molecule is Cc1cc(C)nc(NC(=NCC(C)C)NC(=S)NCC2CCCO2)n1. The molecule has 0 bridgehead atoms. The highest BCUT2D eigenvalue weighted by Gasteiger charge is 2.15. The number of anilines is 1. The monoisotopic (exact) mass is 364 g/mol. The maximum atomic E-state index is 5.59. The Morgan fingerprint density at radius 1 is 1.36 bits per heavy atom. The number of aryl methyl sites for hydroxylation is 2. The average molecular weight is 365 g/mol. The van der Waals surface area contributed by atoms with Crippen LogP contribution in [0.4, 0.5) is 5.95 Å². The number of nitrogens with zero attached hydrogens (tertiary/aromatic N) is 3. The van der Waals surface area contributed by atoms with E-state index in [0.717, 1.165) is 30.8 Å². The molecule has 138 valence electrons. The Bertz CT molecular complexity index is 593. The van der Waals surface area contributed by atoms with Gasteiger partial charge in [-0.3, -0.25) is 10.3 Å². The van der Waals surface area contributed by atoms with Crippen LogP contribution < -0.4 is 16.0 Å². The van der Waals surface area contributed by atoms with Crippen LogP contribution >= 0.6 is 12.2 Å². The molecule has 8 heteroatoms. The molecular weight excluding hydrogens is 336 g/mol. The van der Waals surface area contributed by atoms with Gasteiger partial charge in [-0.2, -0.15) is 0 Å². The molecule has 1 fully saturated rings. The zero-order valence-electron chi connectivity index (χ0n) is 15.4. The second kappa shape index (κ2) is 9.62. The molecule has 1 saturated heterocycles. The van der Waals surface area contributed by atoms with Gasteiger partial charge in [0.15, 0.2) is 5.11 Å². The van der Waals surface area contributed by atoms with Crippen molar-refractivity contribution >= 4 is 29.2 Å². The highest BCUT2D eigenvalue weighted by Crippen LogP contribution is 2.10. The van der Waals surface area contributed by atoms with Gasteiger partial charge in [-0.15, -0.1) is 0 Å². The van der Waals surface area contributed by atoms with Gasteiger partial charge in [0.25, 0.3) is 0 Å². The predicted octanol–water partition coefficient (Wildman–Crippen LogP) is 2.16. The minimum atomic E-state index is 0.228. The molecule has 0 radical (unpaired) electrons. The fourth-order valence-electron chi connectivity index (χ4n) is 2.44. The summed E-state index contributed by atoms with van der Waals surface area (Å²) in [5, 5.41) is 9.93. The summed E-state index contributed by atoms with van der Waals surface area (Å²) < 4.78 is 5.59. The first-order chi connectivity index (χ1) is 11.9. The zero-order chi connectivity index (χ0) is 18.2. The second-order valence-electron chi connectivity index (χ2n) is 6.65. The van der Waals surface area contributed by atoms with Crippen LogP contribution in [0.5, 0.6) is 0 Å². The molecule has 1 unspecified atom stereocenters. The quantitative estimate of drug-likeness (QED) is 0.419. The number of hydrogen-bond donors (Lipinski definition) is 3. The van der Waals surface area contributed by atoms with E-state index in [9.17, 15) is 0 Å². The van der Waals surface area contributed by atoms with Gasteiger partial charge in [-0.05, 0) is 50.9 Å². The summed E-state index contributed by atoms with van der Waals surface area (Å²) >= 11 is 5.37. The van der Waals surface area contributed by atoms with E-state index >= 15 is 0 Å². The largest absolute Gasteiger partial charge is 0.376 e. The van der Waals surface area contributed by atoms with E-state index in [2.05, 4.69) is 44.8 Å². The van der Waals surface area contributed by atoms with Crippen LogP contribution in [0, 0.1) is 19.8 Å². The van der Waals surface area contributed by atoms with Crippen LogP contribution in [0.3, 0.4) is 0 Å². The zero-order valence-corrected chi connectivity index (χ0v) is 16.2. The topological polar surface area (TPSA) is 83.5 Å². The van der Waals surface area contributed by atoms with Gasteiger partial charge >= 0.3 is 0 Å². The minimum Gasteiger partial charge on any atom is -0.376 e. The van der Waals surface area contributed by atoms with E-state index in [4.69, 9.17) is 17.0 Å². The van der Waals surface area contributed by atoms with Crippen molar-refractivity contribution in [3.8, 4) is 0 Å². The summed E-state index contributed by atoms with van der Waals surface area (Å²) in [6, 6.07) is 1.93. The van der Waals surface area contributed by atoms with Crippen LogP contribution in [0.1, 0.15) is 38.1 Å². The highest BCUT2D eigenvalue weighted by atomic mass is 32.1. The Balaban J connectivity index is 1.96. The van der Waals surface area contributed by atoms with Gasteiger partial charge in [0.1, 0.15) is 0 Å². The molecule has 1 aliphatic heterocycles. The van der Waals surface area contributed by atoms with Crippen molar-refractivity contribution < 1.29 is 4.74 Å². The Morgan fingerprint density at radius 2 is 2.08 bits per heavy atom. The number of hydrogen-bond acceptors (Lipinski definition) is 5. The van der Waals surface area contributed by atoms with E-state index in [1.807, 2.05) is 19.9 Å². The van der Waals surface area contributed by atoms with Gasteiger partial charge in [-0.1, -0.05) is 13.8 Å². The molecule has 1 aromatic heterocycles.